The molecule has 2 aliphatic carbocycles. The van der Waals surface area contributed by atoms with Gasteiger partial charge >= 0.3 is 0 Å². The largest absolute Gasteiger partial charge is 0.490 e. The topological polar surface area (TPSA) is 116 Å². The SMILES string of the molecule is CO[C@@H]1C/C=C\[C@H](OCCN2CCOCC2)[C@@H]2CC[C@H]2CN2C[C@@]3(CCCc4cc(Cl)ccc43)COc3ccc(cc32)C(=O)NS(=O)(=O)[C@@H]1C[C@@H]1CCCO1. The van der Waals surface area contributed by atoms with Gasteiger partial charge in [0.05, 0.1) is 50.4 Å². The van der Waals surface area contributed by atoms with Gasteiger partial charge in [0.25, 0.3) is 5.91 Å². The van der Waals surface area contributed by atoms with Crippen molar-refractivity contribution in [2.45, 2.75) is 86.8 Å². The summed E-state index contributed by atoms with van der Waals surface area (Å²) < 4.78 is 61.8. The summed E-state index contributed by atoms with van der Waals surface area (Å²) in [4.78, 5) is 18.8. The molecule has 4 heterocycles. The summed E-state index contributed by atoms with van der Waals surface area (Å²) in [5, 5.41) is -0.260. The molecule has 7 atom stereocenters. The van der Waals surface area contributed by atoms with Crippen molar-refractivity contribution in [3.8, 4) is 5.75 Å². The summed E-state index contributed by atoms with van der Waals surface area (Å²) in [6, 6.07) is 11.6. The highest BCUT2D eigenvalue weighted by Crippen LogP contribution is 2.47. The first-order valence-electron chi connectivity index (χ1n) is 20.3. The van der Waals surface area contributed by atoms with E-state index in [9.17, 15) is 13.2 Å². The quantitative estimate of drug-likeness (QED) is 0.359. The molecule has 55 heavy (non-hydrogen) atoms. The minimum absolute atomic E-state index is 0.140. The standard InChI is InChI=1S/C42H56ClN3O8S/c1-50-39-8-2-7-37(53-22-18-45-16-20-51-21-17-45)34-12-9-31(34)26-46-27-42(15-3-5-29-23-32(43)11-13-35(29)42)28-54-38-14-10-30(24-36(38)46)41(47)44-55(48,49)40(39)25-33-6-4-19-52-33/h2,7,10-11,13-14,23-24,31,33-34,37,39-40H,3-6,8-9,12,15-22,25-28H2,1H3,(H,44,47)/b7-2-/t31-,33-,34+,37-,39+,40+,42-/m0/s1. The number of nitrogens with one attached hydrogen (secondary N) is 1. The summed E-state index contributed by atoms with van der Waals surface area (Å²) in [6.45, 7) is 7.28. The zero-order valence-electron chi connectivity index (χ0n) is 32.0. The normalized spacial score (nSPS) is 33.1. The lowest BCUT2D eigenvalue weighted by Crippen LogP contribution is -2.50. The van der Waals surface area contributed by atoms with Crippen molar-refractivity contribution in [1.29, 1.82) is 0 Å². The van der Waals surface area contributed by atoms with Crippen molar-refractivity contribution in [2.75, 3.05) is 77.8 Å². The van der Waals surface area contributed by atoms with Gasteiger partial charge in [-0.1, -0.05) is 29.8 Å². The summed E-state index contributed by atoms with van der Waals surface area (Å²) in [6.07, 6.45) is 10.4. The number of hydrogen-bond donors (Lipinski definition) is 1. The number of anilines is 1. The van der Waals surface area contributed by atoms with Crippen LogP contribution in [-0.4, -0.2) is 116 Å². The minimum Gasteiger partial charge on any atom is -0.490 e. The molecule has 11 nitrogen and oxygen atoms in total. The molecule has 8 rings (SSSR count). The van der Waals surface area contributed by atoms with E-state index < -0.39 is 27.3 Å². The molecule has 0 radical (unpaired) electrons. The maximum absolute atomic E-state index is 14.2. The maximum atomic E-state index is 14.2. The molecule has 2 aromatic carbocycles. The van der Waals surface area contributed by atoms with Crippen molar-refractivity contribution < 1.29 is 36.9 Å². The third-order valence-corrected chi connectivity index (χ3v) is 15.0. The first-order chi connectivity index (χ1) is 26.7. The Morgan fingerprint density at radius 2 is 1.93 bits per heavy atom. The number of ether oxygens (including phenoxy) is 5. The number of carbonyl (C=O) groups is 1. The lowest BCUT2D eigenvalue weighted by Gasteiger charge is -2.46. The summed E-state index contributed by atoms with van der Waals surface area (Å²) in [5.41, 5.74) is 3.34. The highest BCUT2D eigenvalue weighted by molar-refractivity contribution is 7.90. The predicted octanol–water partition coefficient (Wildman–Crippen LogP) is 5.53. The second-order valence-electron chi connectivity index (χ2n) is 16.4. The Morgan fingerprint density at radius 3 is 2.71 bits per heavy atom. The van der Waals surface area contributed by atoms with Crippen LogP contribution in [0, 0.1) is 11.8 Å². The second kappa shape index (κ2) is 17.0. The number of morpholine rings is 1. The van der Waals surface area contributed by atoms with Gasteiger partial charge in [0.2, 0.25) is 10.0 Å². The van der Waals surface area contributed by atoms with Crippen LogP contribution in [0.3, 0.4) is 0 Å². The number of methoxy groups -OCH3 is 1. The highest BCUT2D eigenvalue weighted by Gasteiger charge is 2.45. The van der Waals surface area contributed by atoms with Crippen LogP contribution >= 0.6 is 11.6 Å². The van der Waals surface area contributed by atoms with Gasteiger partial charge in [-0.15, -0.1) is 0 Å². The Morgan fingerprint density at radius 1 is 1.05 bits per heavy atom. The van der Waals surface area contributed by atoms with Gasteiger partial charge in [-0.3, -0.25) is 9.69 Å². The van der Waals surface area contributed by atoms with Crippen LogP contribution in [0.4, 0.5) is 5.69 Å². The molecule has 6 aliphatic rings. The van der Waals surface area contributed by atoms with Crippen molar-refractivity contribution in [2.24, 2.45) is 11.8 Å². The van der Waals surface area contributed by atoms with Crippen molar-refractivity contribution in [1.82, 2.24) is 9.62 Å². The Labute approximate surface area is 331 Å². The predicted molar refractivity (Wildman–Crippen MR) is 212 cm³/mol. The van der Waals surface area contributed by atoms with Crippen molar-refractivity contribution in [3.63, 3.8) is 0 Å². The first-order valence-corrected chi connectivity index (χ1v) is 22.2. The number of rotatable bonds is 7. The van der Waals surface area contributed by atoms with Crippen LogP contribution < -0.4 is 14.4 Å². The molecule has 2 aromatic rings. The molecular weight excluding hydrogens is 742 g/mol. The molecule has 1 spiro atoms. The van der Waals surface area contributed by atoms with Gasteiger partial charge < -0.3 is 28.6 Å². The number of carbonyl (C=O) groups excluding carboxylic acids is 1. The van der Waals surface area contributed by atoms with E-state index >= 15 is 0 Å². The number of aryl methyl sites for hydroxylation is 1. The van der Waals surface area contributed by atoms with Gasteiger partial charge in [0.1, 0.15) is 11.0 Å². The molecule has 0 unspecified atom stereocenters. The van der Waals surface area contributed by atoms with Crippen LogP contribution in [0.5, 0.6) is 5.75 Å². The third kappa shape index (κ3) is 8.61. The van der Waals surface area contributed by atoms with E-state index in [2.05, 4.69) is 32.7 Å². The first kappa shape index (κ1) is 39.1. The number of benzene rings is 2. The fourth-order valence-electron chi connectivity index (χ4n) is 9.83. The summed E-state index contributed by atoms with van der Waals surface area (Å²) >= 11 is 6.50. The third-order valence-electron chi connectivity index (χ3n) is 13.0. The van der Waals surface area contributed by atoms with Crippen molar-refractivity contribution >= 4 is 33.2 Å². The lowest BCUT2D eigenvalue weighted by atomic mass is 9.68. The fraction of sp³-hybridized carbons (Fsp3) is 0.643. The minimum atomic E-state index is -4.19. The van der Waals surface area contributed by atoms with Crippen LogP contribution in [0.25, 0.3) is 0 Å². The second-order valence-corrected chi connectivity index (χ2v) is 18.7. The van der Waals surface area contributed by atoms with Crippen LogP contribution in [0.15, 0.2) is 48.6 Å². The maximum Gasteiger partial charge on any atom is 0.264 e. The van der Waals surface area contributed by atoms with Crippen LogP contribution in [-0.2, 0) is 40.8 Å². The highest BCUT2D eigenvalue weighted by atomic mass is 35.5. The molecule has 1 saturated carbocycles. The molecule has 4 aliphatic heterocycles. The zero-order chi connectivity index (χ0) is 38.0. The number of fused-ring (bicyclic) bond motifs is 4. The van der Waals surface area contributed by atoms with E-state index in [1.807, 2.05) is 24.3 Å². The molecule has 2 saturated heterocycles. The van der Waals surface area contributed by atoms with Crippen LogP contribution in [0.2, 0.25) is 5.02 Å². The molecule has 2 bridgehead atoms. The van der Waals surface area contributed by atoms with E-state index in [4.69, 9.17) is 35.3 Å². The number of hydrogen-bond acceptors (Lipinski definition) is 10. The molecule has 1 N–H and O–H groups in total. The fourth-order valence-corrected chi connectivity index (χ4v) is 11.6. The molecule has 300 valence electrons. The van der Waals surface area contributed by atoms with E-state index in [0.717, 1.165) is 95.0 Å². The Balaban J connectivity index is 1.15. The average molecular weight is 798 g/mol. The van der Waals surface area contributed by atoms with Gasteiger partial charge in [0.15, 0.2) is 0 Å². The Bertz CT molecular complexity index is 1820. The molecule has 13 heteroatoms. The lowest BCUT2D eigenvalue weighted by molar-refractivity contribution is -0.0316. The number of amides is 1. The molecule has 3 fully saturated rings. The van der Waals surface area contributed by atoms with Crippen LogP contribution in [0.1, 0.15) is 72.9 Å². The summed E-state index contributed by atoms with van der Waals surface area (Å²) in [5.74, 6) is 0.645. The van der Waals surface area contributed by atoms with E-state index in [1.54, 1.807) is 13.2 Å². The number of nitrogens with zero attached hydrogens (tertiary/aromatic N) is 2. The van der Waals surface area contributed by atoms with Gasteiger partial charge in [-0.2, -0.15) is 0 Å². The molecule has 0 aromatic heterocycles. The van der Waals surface area contributed by atoms with Gasteiger partial charge in [-0.05, 0) is 111 Å². The number of halogens is 1. The monoisotopic (exact) mass is 797 g/mol. The van der Waals surface area contributed by atoms with Gasteiger partial charge in [0, 0.05) is 62.4 Å². The Hall–Kier alpha value is -2.71. The smallest absolute Gasteiger partial charge is 0.264 e. The molecular formula is C42H56ClN3O8S. The van der Waals surface area contributed by atoms with E-state index in [0.29, 0.717) is 44.5 Å². The van der Waals surface area contributed by atoms with Gasteiger partial charge in [-0.25, -0.2) is 13.1 Å². The van der Waals surface area contributed by atoms with E-state index in [-0.39, 0.29) is 35.5 Å². The molecule has 1 amide bonds. The van der Waals surface area contributed by atoms with E-state index in [1.165, 1.54) is 11.1 Å². The average Bonchev–Trinajstić information content (AvgIpc) is 3.64. The summed E-state index contributed by atoms with van der Waals surface area (Å²) in [7, 11) is -2.64. The number of sulfonamides is 1. The Kier molecular flexibility index (Phi) is 12.1. The van der Waals surface area contributed by atoms with Crippen molar-refractivity contribution in [3.05, 3.63) is 70.3 Å². The zero-order valence-corrected chi connectivity index (χ0v) is 33.5.